The fraction of sp³-hybridized carbons (Fsp3) is 0.500. The highest BCUT2D eigenvalue weighted by molar-refractivity contribution is 5.81. The first kappa shape index (κ1) is 12.6. The van der Waals surface area contributed by atoms with E-state index in [9.17, 15) is 4.79 Å². The second-order valence-electron chi connectivity index (χ2n) is 4.20. The molecule has 2 N–H and O–H groups in total. The zero-order chi connectivity index (χ0) is 12.1. The standard InChI is InChI=1S/C12H19N3O/c1-9(2)15(12(16)10(3)13)8-11-4-6-14-7-5-11/h4-7,9-10H,8,13H2,1-3H3. The summed E-state index contributed by atoms with van der Waals surface area (Å²) in [5.74, 6) is -0.0215. The number of nitrogens with zero attached hydrogens (tertiary/aromatic N) is 2. The maximum atomic E-state index is 11.9. The smallest absolute Gasteiger partial charge is 0.239 e. The maximum absolute atomic E-state index is 11.9. The molecular weight excluding hydrogens is 202 g/mol. The first-order valence-electron chi connectivity index (χ1n) is 5.47. The van der Waals surface area contributed by atoms with Crippen LogP contribution < -0.4 is 5.73 Å². The Labute approximate surface area is 96.5 Å². The van der Waals surface area contributed by atoms with E-state index in [1.165, 1.54) is 0 Å². The average Bonchev–Trinajstić information content (AvgIpc) is 2.26. The van der Waals surface area contributed by atoms with Gasteiger partial charge < -0.3 is 10.6 Å². The molecule has 1 unspecified atom stereocenters. The summed E-state index contributed by atoms with van der Waals surface area (Å²) in [5.41, 5.74) is 6.69. The van der Waals surface area contributed by atoms with Crippen molar-refractivity contribution in [2.75, 3.05) is 0 Å². The van der Waals surface area contributed by atoms with Crippen LogP contribution in [0.15, 0.2) is 24.5 Å². The van der Waals surface area contributed by atoms with Crippen LogP contribution in [-0.2, 0) is 11.3 Å². The fourth-order valence-corrected chi connectivity index (χ4v) is 1.46. The lowest BCUT2D eigenvalue weighted by atomic mass is 10.2. The number of aromatic nitrogens is 1. The van der Waals surface area contributed by atoms with E-state index in [1.807, 2.05) is 26.0 Å². The molecular formula is C12H19N3O. The van der Waals surface area contributed by atoms with Gasteiger partial charge in [-0.25, -0.2) is 0 Å². The van der Waals surface area contributed by atoms with Crippen LogP contribution >= 0.6 is 0 Å². The summed E-state index contributed by atoms with van der Waals surface area (Å²) in [4.78, 5) is 17.6. The van der Waals surface area contributed by atoms with Gasteiger partial charge in [0.05, 0.1) is 6.04 Å². The zero-order valence-corrected chi connectivity index (χ0v) is 10.1. The number of rotatable bonds is 4. The van der Waals surface area contributed by atoms with Crippen LogP contribution in [0.25, 0.3) is 0 Å². The lowest BCUT2D eigenvalue weighted by Gasteiger charge is -2.28. The van der Waals surface area contributed by atoms with Crippen LogP contribution in [0.2, 0.25) is 0 Å². The Morgan fingerprint density at radius 1 is 1.38 bits per heavy atom. The highest BCUT2D eigenvalue weighted by Crippen LogP contribution is 2.08. The molecule has 16 heavy (non-hydrogen) atoms. The first-order chi connectivity index (χ1) is 7.52. The van der Waals surface area contributed by atoms with Crippen LogP contribution in [-0.4, -0.2) is 27.9 Å². The molecule has 0 aliphatic carbocycles. The van der Waals surface area contributed by atoms with Crippen LogP contribution in [0.3, 0.4) is 0 Å². The summed E-state index contributed by atoms with van der Waals surface area (Å²) in [5, 5.41) is 0. The number of hydrogen-bond donors (Lipinski definition) is 1. The molecule has 1 rings (SSSR count). The topological polar surface area (TPSA) is 59.2 Å². The number of nitrogens with two attached hydrogens (primary N) is 1. The summed E-state index contributed by atoms with van der Waals surface area (Å²) in [6.45, 7) is 6.27. The minimum Gasteiger partial charge on any atom is -0.335 e. The second-order valence-corrected chi connectivity index (χ2v) is 4.20. The van der Waals surface area contributed by atoms with Crippen molar-refractivity contribution in [3.63, 3.8) is 0 Å². The van der Waals surface area contributed by atoms with E-state index >= 15 is 0 Å². The molecule has 1 amide bonds. The molecule has 0 saturated heterocycles. The molecule has 0 spiro atoms. The third-order valence-electron chi connectivity index (χ3n) is 2.40. The van der Waals surface area contributed by atoms with Crippen LogP contribution in [0.4, 0.5) is 0 Å². The van der Waals surface area contributed by atoms with Crippen molar-refractivity contribution in [3.8, 4) is 0 Å². The van der Waals surface area contributed by atoms with Gasteiger partial charge in [0.15, 0.2) is 0 Å². The number of carbonyl (C=O) groups excluding carboxylic acids is 1. The maximum Gasteiger partial charge on any atom is 0.239 e. The van der Waals surface area contributed by atoms with E-state index in [2.05, 4.69) is 4.98 Å². The van der Waals surface area contributed by atoms with Gasteiger partial charge in [0, 0.05) is 25.0 Å². The molecule has 1 aromatic rings. The van der Waals surface area contributed by atoms with E-state index in [0.29, 0.717) is 6.54 Å². The quantitative estimate of drug-likeness (QED) is 0.830. The Morgan fingerprint density at radius 2 is 1.94 bits per heavy atom. The molecule has 4 heteroatoms. The molecule has 1 atom stereocenters. The Hall–Kier alpha value is -1.42. The van der Waals surface area contributed by atoms with E-state index in [4.69, 9.17) is 5.73 Å². The highest BCUT2D eigenvalue weighted by atomic mass is 16.2. The predicted octanol–water partition coefficient (Wildman–Crippen LogP) is 1.17. The van der Waals surface area contributed by atoms with Crippen molar-refractivity contribution in [2.45, 2.75) is 39.4 Å². The molecule has 0 aromatic carbocycles. The van der Waals surface area contributed by atoms with Gasteiger partial charge in [-0.2, -0.15) is 0 Å². The lowest BCUT2D eigenvalue weighted by molar-refractivity contribution is -0.134. The monoisotopic (exact) mass is 221 g/mol. The molecule has 0 bridgehead atoms. The predicted molar refractivity (Wildman–Crippen MR) is 63.6 cm³/mol. The van der Waals surface area contributed by atoms with Crippen LogP contribution in [0.5, 0.6) is 0 Å². The van der Waals surface area contributed by atoms with Gasteiger partial charge in [0.25, 0.3) is 0 Å². The minimum absolute atomic E-state index is 0.0215. The SMILES string of the molecule is CC(N)C(=O)N(Cc1ccncc1)C(C)C. The molecule has 0 saturated carbocycles. The largest absolute Gasteiger partial charge is 0.335 e. The summed E-state index contributed by atoms with van der Waals surface area (Å²) in [6.07, 6.45) is 3.45. The Bertz CT molecular complexity index is 335. The van der Waals surface area contributed by atoms with Crippen molar-refractivity contribution in [1.82, 2.24) is 9.88 Å². The number of hydrogen-bond acceptors (Lipinski definition) is 3. The van der Waals surface area contributed by atoms with Gasteiger partial charge in [0.1, 0.15) is 0 Å². The summed E-state index contributed by atoms with van der Waals surface area (Å²) in [6, 6.07) is 3.50. The highest BCUT2D eigenvalue weighted by Gasteiger charge is 2.20. The molecule has 88 valence electrons. The van der Waals surface area contributed by atoms with Gasteiger partial charge in [-0.05, 0) is 38.5 Å². The van der Waals surface area contributed by atoms with Crippen molar-refractivity contribution < 1.29 is 4.79 Å². The second kappa shape index (κ2) is 5.61. The molecule has 1 aromatic heterocycles. The van der Waals surface area contributed by atoms with Gasteiger partial charge in [-0.1, -0.05) is 0 Å². The molecule has 0 aliphatic rings. The zero-order valence-electron chi connectivity index (χ0n) is 10.1. The van der Waals surface area contributed by atoms with Gasteiger partial charge in [-0.3, -0.25) is 9.78 Å². The third kappa shape index (κ3) is 3.31. The van der Waals surface area contributed by atoms with E-state index < -0.39 is 6.04 Å². The van der Waals surface area contributed by atoms with Gasteiger partial charge in [0.2, 0.25) is 5.91 Å². The molecule has 0 aliphatic heterocycles. The van der Waals surface area contributed by atoms with E-state index in [0.717, 1.165) is 5.56 Å². The fourth-order valence-electron chi connectivity index (χ4n) is 1.46. The number of amides is 1. The summed E-state index contributed by atoms with van der Waals surface area (Å²) >= 11 is 0. The Balaban J connectivity index is 2.77. The van der Waals surface area contributed by atoms with Crippen molar-refractivity contribution in [2.24, 2.45) is 5.73 Å². The normalized spacial score (nSPS) is 12.6. The van der Waals surface area contributed by atoms with Crippen LogP contribution in [0, 0.1) is 0 Å². The van der Waals surface area contributed by atoms with Gasteiger partial charge in [-0.15, -0.1) is 0 Å². The summed E-state index contributed by atoms with van der Waals surface area (Å²) in [7, 11) is 0. The van der Waals surface area contributed by atoms with Crippen molar-refractivity contribution >= 4 is 5.91 Å². The number of pyridine rings is 1. The van der Waals surface area contributed by atoms with E-state index in [-0.39, 0.29) is 11.9 Å². The van der Waals surface area contributed by atoms with E-state index in [1.54, 1.807) is 24.2 Å². The Kier molecular flexibility index (Phi) is 4.43. The molecule has 4 nitrogen and oxygen atoms in total. The van der Waals surface area contributed by atoms with Crippen molar-refractivity contribution in [1.29, 1.82) is 0 Å². The van der Waals surface area contributed by atoms with Crippen molar-refractivity contribution in [3.05, 3.63) is 30.1 Å². The first-order valence-corrected chi connectivity index (χ1v) is 5.47. The van der Waals surface area contributed by atoms with Crippen LogP contribution in [0.1, 0.15) is 26.3 Å². The minimum atomic E-state index is -0.454. The molecule has 0 radical (unpaired) electrons. The number of carbonyl (C=O) groups is 1. The average molecular weight is 221 g/mol. The van der Waals surface area contributed by atoms with Gasteiger partial charge >= 0.3 is 0 Å². The lowest BCUT2D eigenvalue weighted by Crippen LogP contribution is -2.45. The molecule has 0 fully saturated rings. The third-order valence-corrected chi connectivity index (χ3v) is 2.40. The Morgan fingerprint density at radius 3 is 2.38 bits per heavy atom. The summed E-state index contributed by atoms with van der Waals surface area (Å²) < 4.78 is 0. The molecule has 1 heterocycles.